The summed E-state index contributed by atoms with van der Waals surface area (Å²) in [5.74, 6) is 1.51. The second-order valence-corrected chi connectivity index (χ2v) is 6.77. The molecule has 2 heterocycles. The van der Waals surface area contributed by atoms with Crippen LogP contribution in [0.3, 0.4) is 0 Å². The van der Waals surface area contributed by atoms with Gasteiger partial charge in [-0.1, -0.05) is 19.1 Å². The number of aromatic nitrogens is 3. The van der Waals surface area contributed by atoms with Crippen molar-refractivity contribution < 1.29 is 14.9 Å². The number of fused-ring (bicyclic) bond motifs is 1. The van der Waals surface area contributed by atoms with Gasteiger partial charge in [0.1, 0.15) is 17.7 Å². The summed E-state index contributed by atoms with van der Waals surface area (Å²) in [5, 5.41) is 28.2. The summed E-state index contributed by atoms with van der Waals surface area (Å²) in [6.45, 7) is 1.94. The van der Waals surface area contributed by atoms with Gasteiger partial charge in [0, 0.05) is 17.8 Å². The van der Waals surface area contributed by atoms with Crippen LogP contribution in [0.1, 0.15) is 13.3 Å². The maximum Gasteiger partial charge on any atom is 0.157 e. The first kappa shape index (κ1) is 16.8. The van der Waals surface area contributed by atoms with Crippen molar-refractivity contribution in [1.82, 2.24) is 14.6 Å². The number of hydrogen-bond donors (Lipinski definition) is 3. The number of para-hydroxylation sites is 1. The summed E-state index contributed by atoms with van der Waals surface area (Å²) in [7, 11) is 1.63. The van der Waals surface area contributed by atoms with E-state index >= 15 is 0 Å². The van der Waals surface area contributed by atoms with Gasteiger partial charge in [-0.25, -0.2) is 4.98 Å². The van der Waals surface area contributed by atoms with Crippen molar-refractivity contribution in [2.45, 2.75) is 31.6 Å². The second-order valence-electron chi connectivity index (χ2n) is 6.77. The number of ether oxygens (including phenoxy) is 1. The SMILES string of the molecule is COc1ccccc1-c1cc2nccc(N[C@@H]3C[C@@H](C)[C@@H](O)[C@H]3O)n2n1. The van der Waals surface area contributed by atoms with Crippen LogP contribution in [0.4, 0.5) is 5.82 Å². The van der Waals surface area contributed by atoms with Crippen molar-refractivity contribution in [3.8, 4) is 17.0 Å². The number of aliphatic hydroxyl groups excluding tert-OH is 2. The molecule has 4 rings (SSSR count). The third-order valence-electron chi connectivity index (χ3n) is 5.05. The lowest BCUT2D eigenvalue weighted by molar-refractivity contribution is 0.0210. The highest BCUT2D eigenvalue weighted by Crippen LogP contribution is 2.31. The predicted molar refractivity (Wildman–Crippen MR) is 98.2 cm³/mol. The zero-order chi connectivity index (χ0) is 18.3. The van der Waals surface area contributed by atoms with Crippen molar-refractivity contribution in [3.63, 3.8) is 0 Å². The van der Waals surface area contributed by atoms with E-state index < -0.39 is 12.2 Å². The van der Waals surface area contributed by atoms with Gasteiger partial charge in [-0.3, -0.25) is 0 Å². The molecule has 0 amide bonds. The number of nitrogens with one attached hydrogen (secondary N) is 1. The molecule has 1 aliphatic carbocycles. The standard InChI is InChI=1S/C19H22N4O3/c1-11-9-14(19(25)18(11)24)21-16-7-8-20-17-10-13(22-23(16)17)12-5-3-4-6-15(12)26-2/h3-8,10-11,14,18-19,21,24-25H,9H2,1-2H3/t11-,14-,18-,19+/m1/s1. The summed E-state index contributed by atoms with van der Waals surface area (Å²) >= 11 is 0. The molecule has 4 atom stereocenters. The Bertz CT molecular complexity index is 926. The highest BCUT2D eigenvalue weighted by Gasteiger charge is 2.39. The van der Waals surface area contributed by atoms with Gasteiger partial charge in [0.25, 0.3) is 0 Å². The fourth-order valence-electron chi connectivity index (χ4n) is 3.58. The van der Waals surface area contributed by atoms with E-state index in [1.807, 2.05) is 43.3 Å². The van der Waals surface area contributed by atoms with Gasteiger partial charge in [-0.2, -0.15) is 9.61 Å². The Morgan fingerprint density at radius 2 is 2.00 bits per heavy atom. The summed E-state index contributed by atoms with van der Waals surface area (Å²) in [5.41, 5.74) is 2.33. The molecule has 7 heteroatoms. The lowest BCUT2D eigenvalue weighted by atomic mass is 10.1. The lowest BCUT2D eigenvalue weighted by Gasteiger charge is -2.19. The molecule has 7 nitrogen and oxygen atoms in total. The molecule has 1 aromatic carbocycles. The van der Waals surface area contributed by atoms with Crippen molar-refractivity contribution in [2.75, 3.05) is 12.4 Å². The molecule has 136 valence electrons. The molecular formula is C19H22N4O3. The predicted octanol–water partition coefficient (Wildman–Crippen LogP) is 1.95. The van der Waals surface area contributed by atoms with Crippen LogP contribution in [0.2, 0.25) is 0 Å². The molecule has 0 radical (unpaired) electrons. The van der Waals surface area contributed by atoms with Crippen LogP contribution in [-0.2, 0) is 0 Å². The second kappa shape index (κ2) is 6.59. The molecule has 1 saturated carbocycles. The first-order chi connectivity index (χ1) is 12.6. The van der Waals surface area contributed by atoms with E-state index in [4.69, 9.17) is 4.74 Å². The third kappa shape index (κ3) is 2.79. The van der Waals surface area contributed by atoms with E-state index in [0.29, 0.717) is 12.1 Å². The van der Waals surface area contributed by atoms with E-state index in [0.717, 1.165) is 22.8 Å². The number of benzene rings is 1. The van der Waals surface area contributed by atoms with E-state index in [1.54, 1.807) is 17.8 Å². The van der Waals surface area contributed by atoms with E-state index in [1.165, 1.54) is 0 Å². The van der Waals surface area contributed by atoms with Crippen molar-refractivity contribution in [1.29, 1.82) is 0 Å². The minimum absolute atomic E-state index is 0.0431. The lowest BCUT2D eigenvalue weighted by Crippen LogP contribution is -2.35. The van der Waals surface area contributed by atoms with Crippen LogP contribution in [0, 0.1) is 5.92 Å². The minimum Gasteiger partial charge on any atom is -0.496 e. The molecule has 0 unspecified atom stereocenters. The van der Waals surface area contributed by atoms with Crippen LogP contribution in [0.15, 0.2) is 42.6 Å². The number of rotatable bonds is 4. The number of hydrogen-bond acceptors (Lipinski definition) is 6. The molecule has 3 aromatic rings. The molecule has 26 heavy (non-hydrogen) atoms. The van der Waals surface area contributed by atoms with Crippen molar-refractivity contribution in [3.05, 3.63) is 42.6 Å². The Morgan fingerprint density at radius 1 is 1.19 bits per heavy atom. The molecular weight excluding hydrogens is 332 g/mol. The molecule has 0 saturated heterocycles. The Morgan fingerprint density at radius 3 is 2.73 bits per heavy atom. The average molecular weight is 354 g/mol. The Kier molecular flexibility index (Phi) is 4.26. The molecule has 1 fully saturated rings. The number of anilines is 1. The summed E-state index contributed by atoms with van der Waals surface area (Å²) < 4.78 is 7.14. The fraction of sp³-hybridized carbons (Fsp3) is 0.368. The van der Waals surface area contributed by atoms with Gasteiger partial charge in [0.15, 0.2) is 5.65 Å². The van der Waals surface area contributed by atoms with E-state index in [-0.39, 0.29) is 12.0 Å². The van der Waals surface area contributed by atoms with Crippen LogP contribution >= 0.6 is 0 Å². The fourth-order valence-corrected chi connectivity index (χ4v) is 3.58. The van der Waals surface area contributed by atoms with Gasteiger partial charge in [0.05, 0.1) is 24.9 Å². The highest BCUT2D eigenvalue weighted by molar-refractivity contribution is 5.71. The smallest absolute Gasteiger partial charge is 0.157 e. The molecule has 0 aliphatic heterocycles. The zero-order valence-corrected chi connectivity index (χ0v) is 14.7. The molecule has 2 aromatic heterocycles. The van der Waals surface area contributed by atoms with Crippen molar-refractivity contribution in [2.24, 2.45) is 5.92 Å². The Labute approximate surface area is 151 Å². The Hall–Kier alpha value is -2.64. The molecule has 3 N–H and O–H groups in total. The van der Waals surface area contributed by atoms with Crippen LogP contribution in [-0.4, -0.2) is 50.2 Å². The van der Waals surface area contributed by atoms with Gasteiger partial charge >= 0.3 is 0 Å². The number of aliphatic hydroxyl groups is 2. The van der Waals surface area contributed by atoms with Crippen LogP contribution < -0.4 is 10.1 Å². The minimum atomic E-state index is -0.808. The Balaban J connectivity index is 1.70. The van der Waals surface area contributed by atoms with Gasteiger partial charge in [0.2, 0.25) is 0 Å². The third-order valence-corrected chi connectivity index (χ3v) is 5.05. The summed E-state index contributed by atoms with van der Waals surface area (Å²) in [4.78, 5) is 4.37. The zero-order valence-electron chi connectivity index (χ0n) is 14.7. The quantitative estimate of drug-likeness (QED) is 0.663. The van der Waals surface area contributed by atoms with Gasteiger partial charge in [-0.05, 0) is 30.5 Å². The first-order valence-electron chi connectivity index (χ1n) is 8.69. The van der Waals surface area contributed by atoms with Crippen molar-refractivity contribution >= 4 is 11.5 Å². The molecule has 0 bridgehead atoms. The molecule has 0 spiro atoms. The monoisotopic (exact) mass is 354 g/mol. The number of nitrogens with zero attached hydrogens (tertiary/aromatic N) is 3. The van der Waals surface area contributed by atoms with Gasteiger partial charge in [-0.15, -0.1) is 0 Å². The normalized spacial score (nSPS) is 25.5. The number of methoxy groups -OCH3 is 1. The molecule has 1 aliphatic rings. The summed E-state index contributed by atoms with van der Waals surface area (Å²) in [6.07, 6.45) is 0.864. The average Bonchev–Trinajstić information content (AvgIpc) is 3.20. The topological polar surface area (TPSA) is 91.9 Å². The van der Waals surface area contributed by atoms with E-state index in [9.17, 15) is 10.2 Å². The van der Waals surface area contributed by atoms with Gasteiger partial charge < -0.3 is 20.3 Å². The van der Waals surface area contributed by atoms with Crippen LogP contribution in [0.25, 0.3) is 16.9 Å². The first-order valence-corrected chi connectivity index (χ1v) is 8.69. The maximum absolute atomic E-state index is 10.2. The van der Waals surface area contributed by atoms with Crippen LogP contribution in [0.5, 0.6) is 5.75 Å². The summed E-state index contributed by atoms with van der Waals surface area (Å²) in [6, 6.07) is 11.2. The highest BCUT2D eigenvalue weighted by atomic mass is 16.5. The maximum atomic E-state index is 10.2. The van der Waals surface area contributed by atoms with E-state index in [2.05, 4.69) is 15.4 Å². The largest absolute Gasteiger partial charge is 0.496 e.